The van der Waals surface area contributed by atoms with Crippen molar-refractivity contribution in [2.24, 2.45) is 17.8 Å². The number of hydrogen-bond donors (Lipinski definition) is 8. The van der Waals surface area contributed by atoms with E-state index in [9.17, 15) is 33.6 Å². The lowest BCUT2D eigenvalue weighted by atomic mass is 9.97. The highest BCUT2D eigenvalue weighted by atomic mass is 16.2. The zero-order valence-corrected chi connectivity index (χ0v) is 30.8. The van der Waals surface area contributed by atoms with Crippen molar-refractivity contribution in [1.29, 1.82) is 0 Å². The number of carbonyl (C=O) groups is 7. The third-order valence-corrected chi connectivity index (χ3v) is 8.88. The van der Waals surface area contributed by atoms with E-state index in [2.05, 4.69) is 42.2 Å². The van der Waals surface area contributed by atoms with Crippen LogP contribution in [-0.2, 0) is 40.0 Å². The molecule has 1 saturated heterocycles. The minimum absolute atomic E-state index is 0.00324. The molecule has 51 heavy (non-hydrogen) atoms. The van der Waals surface area contributed by atoms with E-state index in [1.807, 2.05) is 24.3 Å². The quantitative estimate of drug-likeness (QED) is 0.220. The summed E-state index contributed by atoms with van der Waals surface area (Å²) in [5.74, 6) is -5.12. The molecule has 1 fully saturated rings. The Balaban J connectivity index is 1.91. The van der Waals surface area contributed by atoms with E-state index in [0.717, 1.165) is 16.5 Å². The van der Waals surface area contributed by atoms with Crippen LogP contribution in [0.4, 0.5) is 0 Å². The molecule has 6 atom stereocenters. The van der Waals surface area contributed by atoms with Crippen LogP contribution in [0.1, 0.15) is 73.8 Å². The molecule has 1 aromatic carbocycles. The Labute approximate surface area is 299 Å². The molecule has 15 heteroatoms. The summed E-state index contributed by atoms with van der Waals surface area (Å²) in [7, 11) is 0. The van der Waals surface area contributed by atoms with Crippen LogP contribution in [-0.4, -0.2) is 89.1 Å². The molecule has 0 radical (unpaired) electrons. The number of carbonyl (C=O) groups excluding carboxylic acids is 7. The number of aromatic nitrogens is 1. The summed E-state index contributed by atoms with van der Waals surface area (Å²) in [6, 6.07) is 1.31. The Morgan fingerprint density at radius 1 is 0.608 bits per heavy atom. The number of nitrogens with one attached hydrogen (secondary N) is 8. The lowest BCUT2D eigenvalue weighted by molar-refractivity contribution is -0.136. The molecule has 0 bridgehead atoms. The van der Waals surface area contributed by atoms with Gasteiger partial charge >= 0.3 is 0 Å². The van der Waals surface area contributed by atoms with E-state index in [1.54, 1.807) is 47.7 Å². The number of aromatic amines is 1. The first-order valence-corrected chi connectivity index (χ1v) is 17.6. The third-order valence-electron chi connectivity index (χ3n) is 8.88. The molecule has 280 valence electrons. The average Bonchev–Trinajstić information content (AvgIpc) is 3.47. The predicted molar refractivity (Wildman–Crippen MR) is 192 cm³/mol. The maximum absolute atomic E-state index is 13.6. The third kappa shape index (κ3) is 11.3. The van der Waals surface area contributed by atoms with Crippen molar-refractivity contribution >= 4 is 52.3 Å². The second-order valence-electron chi connectivity index (χ2n) is 14.2. The monoisotopic (exact) mass is 710 g/mol. The van der Waals surface area contributed by atoms with Crippen LogP contribution in [0.3, 0.4) is 0 Å². The molecule has 0 spiro atoms. The molecular weight excluding hydrogens is 656 g/mol. The topological polar surface area (TPSA) is 219 Å². The number of benzene rings is 1. The fourth-order valence-corrected chi connectivity index (χ4v) is 5.73. The van der Waals surface area contributed by atoms with Crippen LogP contribution < -0.4 is 37.2 Å². The van der Waals surface area contributed by atoms with E-state index >= 15 is 0 Å². The van der Waals surface area contributed by atoms with Gasteiger partial charge in [0.1, 0.15) is 36.3 Å². The summed E-state index contributed by atoms with van der Waals surface area (Å²) in [6.45, 7) is 13.5. The maximum atomic E-state index is 13.6. The van der Waals surface area contributed by atoms with Gasteiger partial charge in [-0.1, -0.05) is 59.7 Å². The Bertz CT molecular complexity index is 1590. The molecule has 7 amide bonds. The molecule has 8 N–H and O–H groups in total. The van der Waals surface area contributed by atoms with Gasteiger partial charge in [0, 0.05) is 36.5 Å². The van der Waals surface area contributed by atoms with Crippen molar-refractivity contribution in [1.82, 2.24) is 42.2 Å². The number of rotatable bonds is 5. The van der Waals surface area contributed by atoms with Gasteiger partial charge in [0.25, 0.3) is 0 Å². The Hall–Kier alpha value is -4.95. The SMILES string of the molecule is CC(C)[C@@H]1NC(=O)[C@@H](C(C)C)NC(=O)[C@@H](C)NC(=O)CCCNC(=O)[C@@H](Cc2c[nH]c3ccccc23)NC(=O)[C@@H](C)NC(=O)[C@@H](C(C)C)NC1=O. The standard InChI is InChI=1S/C36H54N8O7/c1-18(2)28-34(49)40-22(8)31(46)41-26(16-23-17-38-25-13-10-9-12-24(23)25)33(48)37-15-11-14-27(45)39-21(7)32(47)42-29(19(3)4)35(50)44-30(20(5)6)36(51)43-28/h9-10,12-13,17-22,26,28-30,38H,11,14-16H2,1-8H3,(H,37,48)(H,39,45)(H,40,49)(H,41,46)(H,42,47)(H,43,51)(H,44,50)/t21-,22-,26-,28-,29-,30+/m1/s1. The molecule has 15 nitrogen and oxygen atoms in total. The molecular formula is C36H54N8O7. The zero-order chi connectivity index (χ0) is 38.0. The molecule has 1 aliphatic rings. The van der Waals surface area contributed by atoms with Gasteiger partial charge in [0.15, 0.2) is 0 Å². The summed E-state index contributed by atoms with van der Waals surface area (Å²) in [6.07, 6.45) is 2.15. The minimum atomic E-state index is -1.09. The van der Waals surface area contributed by atoms with Crippen molar-refractivity contribution in [3.05, 3.63) is 36.0 Å². The van der Waals surface area contributed by atoms with Gasteiger partial charge in [0.05, 0.1) is 0 Å². The smallest absolute Gasteiger partial charge is 0.243 e. The van der Waals surface area contributed by atoms with Gasteiger partial charge < -0.3 is 42.2 Å². The van der Waals surface area contributed by atoms with E-state index < -0.39 is 89.4 Å². The summed E-state index contributed by atoms with van der Waals surface area (Å²) >= 11 is 0. The van der Waals surface area contributed by atoms with Crippen LogP contribution in [0.15, 0.2) is 30.5 Å². The van der Waals surface area contributed by atoms with Gasteiger partial charge in [-0.25, -0.2) is 0 Å². The fourth-order valence-electron chi connectivity index (χ4n) is 5.73. The number of para-hydroxylation sites is 1. The predicted octanol–water partition coefficient (Wildman–Crippen LogP) is 0.537. The van der Waals surface area contributed by atoms with Crippen LogP contribution in [0, 0.1) is 17.8 Å². The summed E-state index contributed by atoms with van der Waals surface area (Å²) < 4.78 is 0. The first kappa shape index (κ1) is 40.5. The number of hydrogen-bond acceptors (Lipinski definition) is 7. The van der Waals surface area contributed by atoms with Crippen molar-refractivity contribution in [3.8, 4) is 0 Å². The minimum Gasteiger partial charge on any atom is -0.361 e. The van der Waals surface area contributed by atoms with Crippen LogP contribution in [0.25, 0.3) is 10.9 Å². The number of fused-ring (bicyclic) bond motifs is 1. The van der Waals surface area contributed by atoms with Crippen molar-refractivity contribution in [3.63, 3.8) is 0 Å². The van der Waals surface area contributed by atoms with Gasteiger partial charge in [-0.2, -0.15) is 0 Å². The van der Waals surface area contributed by atoms with Gasteiger partial charge in [-0.15, -0.1) is 0 Å². The highest BCUT2D eigenvalue weighted by molar-refractivity contribution is 5.97. The summed E-state index contributed by atoms with van der Waals surface area (Å²) in [5.41, 5.74) is 1.66. The van der Waals surface area contributed by atoms with E-state index in [1.165, 1.54) is 13.8 Å². The molecule has 1 aliphatic heterocycles. The Morgan fingerprint density at radius 2 is 1.10 bits per heavy atom. The fraction of sp³-hybridized carbons (Fsp3) is 0.583. The first-order chi connectivity index (χ1) is 24.0. The Morgan fingerprint density at radius 3 is 1.67 bits per heavy atom. The number of amides is 7. The molecule has 0 aliphatic carbocycles. The van der Waals surface area contributed by atoms with Crippen LogP contribution >= 0.6 is 0 Å². The van der Waals surface area contributed by atoms with Crippen LogP contribution in [0.2, 0.25) is 0 Å². The lowest BCUT2D eigenvalue weighted by Gasteiger charge is -2.30. The van der Waals surface area contributed by atoms with Gasteiger partial charge in [-0.05, 0) is 49.7 Å². The Kier molecular flexibility index (Phi) is 14.6. The van der Waals surface area contributed by atoms with E-state index in [4.69, 9.17) is 0 Å². The van der Waals surface area contributed by atoms with E-state index in [0.29, 0.717) is 0 Å². The molecule has 1 aromatic heterocycles. The highest BCUT2D eigenvalue weighted by Crippen LogP contribution is 2.19. The van der Waals surface area contributed by atoms with E-state index in [-0.39, 0.29) is 31.7 Å². The molecule has 2 aromatic rings. The number of H-pyrrole nitrogens is 1. The molecule has 3 rings (SSSR count). The second-order valence-corrected chi connectivity index (χ2v) is 14.2. The highest BCUT2D eigenvalue weighted by Gasteiger charge is 2.35. The largest absolute Gasteiger partial charge is 0.361 e. The maximum Gasteiger partial charge on any atom is 0.243 e. The summed E-state index contributed by atoms with van der Waals surface area (Å²) in [5, 5.41) is 19.8. The van der Waals surface area contributed by atoms with Crippen molar-refractivity contribution in [2.75, 3.05) is 6.54 Å². The average molecular weight is 711 g/mol. The molecule has 0 saturated carbocycles. The normalized spacial score (nSPS) is 25.8. The zero-order valence-electron chi connectivity index (χ0n) is 30.8. The summed E-state index contributed by atoms with van der Waals surface area (Å²) in [4.78, 5) is 96.4. The van der Waals surface area contributed by atoms with Crippen LogP contribution in [0.5, 0.6) is 0 Å². The van der Waals surface area contributed by atoms with Gasteiger partial charge in [0.2, 0.25) is 41.4 Å². The second kappa shape index (κ2) is 18.3. The van der Waals surface area contributed by atoms with Crippen molar-refractivity contribution < 1.29 is 33.6 Å². The van der Waals surface area contributed by atoms with Gasteiger partial charge in [-0.3, -0.25) is 33.6 Å². The van der Waals surface area contributed by atoms with Crippen molar-refractivity contribution in [2.45, 2.75) is 111 Å². The first-order valence-electron chi connectivity index (χ1n) is 17.6. The lowest BCUT2D eigenvalue weighted by Crippen LogP contribution is -2.61. The molecule has 0 unspecified atom stereocenters. The molecule has 2 heterocycles.